The standard InChI is InChI=1S/C47H29N3OS/c1-2-12-30(13-3-1)44-43-39-22-4-7-25-42(39)52-47(43)50-45(49-44)37-20-10-18-35(28-37)33-16-8-14-31(26-33)32-15-9-17-34(27-32)36-19-11-21-38(29-36)46-48-40-23-5-6-24-41(40)51-46/h1-29H. The van der Waals surface area contributed by atoms with Crippen LogP contribution in [0.1, 0.15) is 0 Å². The van der Waals surface area contributed by atoms with E-state index in [0.29, 0.717) is 5.89 Å². The van der Waals surface area contributed by atoms with E-state index in [9.17, 15) is 0 Å². The number of fused-ring (bicyclic) bond motifs is 4. The van der Waals surface area contributed by atoms with E-state index in [0.717, 1.165) is 82.9 Å². The van der Waals surface area contributed by atoms with Gasteiger partial charge in [-0.1, -0.05) is 127 Å². The van der Waals surface area contributed by atoms with Gasteiger partial charge in [-0.3, -0.25) is 0 Å². The molecule has 3 heterocycles. The molecule has 0 atom stereocenters. The topological polar surface area (TPSA) is 51.8 Å². The van der Waals surface area contributed by atoms with E-state index >= 15 is 0 Å². The molecule has 0 radical (unpaired) electrons. The van der Waals surface area contributed by atoms with Gasteiger partial charge in [-0.2, -0.15) is 0 Å². The van der Waals surface area contributed by atoms with Crippen LogP contribution in [0.15, 0.2) is 180 Å². The fourth-order valence-electron chi connectivity index (χ4n) is 6.98. The Bertz CT molecular complexity index is 2890. The van der Waals surface area contributed by atoms with Gasteiger partial charge >= 0.3 is 0 Å². The third-order valence-electron chi connectivity index (χ3n) is 9.54. The molecule has 0 amide bonds. The number of aromatic nitrogens is 3. The molecule has 10 rings (SSSR count). The zero-order chi connectivity index (χ0) is 34.4. The quantitative estimate of drug-likeness (QED) is 0.175. The summed E-state index contributed by atoms with van der Waals surface area (Å²) in [7, 11) is 0. The van der Waals surface area contributed by atoms with Gasteiger partial charge in [-0.25, -0.2) is 15.0 Å². The Labute approximate surface area is 304 Å². The fraction of sp³-hybridized carbons (Fsp3) is 0. The van der Waals surface area contributed by atoms with Crippen molar-refractivity contribution in [3.8, 4) is 67.5 Å². The van der Waals surface area contributed by atoms with E-state index in [1.54, 1.807) is 11.3 Å². The van der Waals surface area contributed by atoms with Gasteiger partial charge in [-0.15, -0.1) is 11.3 Å². The van der Waals surface area contributed by atoms with Crippen LogP contribution in [0.25, 0.3) is 98.9 Å². The Hall–Kier alpha value is -6.69. The van der Waals surface area contributed by atoms with Crippen LogP contribution in [-0.2, 0) is 0 Å². The van der Waals surface area contributed by atoms with Crippen molar-refractivity contribution in [3.05, 3.63) is 176 Å². The molecule has 0 spiro atoms. The first-order valence-corrected chi connectivity index (χ1v) is 18.1. The van der Waals surface area contributed by atoms with E-state index < -0.39 is 0 Å². The zero-order valence-corrected chi connectivity index (χ0v) is 28.7. The molecule has 0 fully saturated rings. The molecule has 10 aromatic rings. The van der Waals surface area contributed by atoms with Gasteiger partial charge in [0.2, 0.25) is 5.89 Å². The van der Waals surface area contributed by atoms with E-state index in [-0.39, 0.29) is 0 Å². The number of hydrogen-bond donors (Lipinski definition) is 0. The van der Waals surface area contributed by atoms with Gasteiger partial charge in [0, 0.05) is 32.2 Å². The highest BCUT2D eigenvalue weighted by atomic mass is 32.1. The molecule has 7 aromatic carbocycles. The molecule has 0 unspecified atom stereocenters. The first-order chi connectivity index (χ1) is 25.7. The van der Waals surface area contributed by atoms with Gasteiger partial charge in [0.15, 0.2) is 11.4 Å². The first-order valence-electron chi connectivity index (χ1n) is 17.3. The number of rotatable bonds is 6. The van der Waals surface area contributed by atoms with Gasteiger partial charge in [0.1, 0.15) is 10.3 Å². The second-order valence-electron chi connectivity index (χ2n) is 12.9. The zero-order valence-electron chi connectivity index (χ0n) is 27.9. The maximum absolute atomic E-state index is 6.07. The van der Waals surface area contributed by atoms with E-state index in [1.807, 2.05) is 36.4 Å². The van der Waals surface area contributed by atoms with Crippen LogP contribution in [-0.4, -0.2) is 15.0 Å². The highest BCUT2D eigenvalue weighted by molar-refractivity contribution is 7.25. The van der Waals surface area contributed by atoms with Crippen LogP contribution in [0.5, 0.6) is 0 Å². The molecule has 0 aliphatic rings. The highest BCUT2D eigenvalue weighted by Crippen LogP contribution is 2.40. The molecule has 3 aromatic heterocycles. The monoisotopic (exact) mass is 683 g/mol. The minimum atomic E-state index is 0.625. The number of benzene rings is 7. The highest BCUT2D eigenvalue weighted by Gasteiger charge is 2.17. The summed E-state index contributed by atoms with van der Waals surface area (Å²) in [5.74, 6) is 1.35. The lowest BCUT2D eigenvalue weighted by molar-refractivity contribution is 0.620. The normalized spacial score (nSPS) is 11.5. The summed E-state index contributed by atoms with van der Waals surface area (Å²) in [5, 5.41) is 2.30. The molecule has 0 aliphatic heterocycles. The Morgan fingerprint density at radius 1 is 0.404 bits per heavy atom. The predicted molar refractivity (Wildman–Crippen MR) is 215 cm³/mol. The summed E-state index contributed by atoms with van der Waals surface area (Å²) < 4.78 is 7.28. The van der Waals surface area contributed by atoms with Crippen molar-refractivity contribution in [2.45, 2.75) is 0 Å². The van der Waals surface area contributed by atoms with Crippen LogP contribution in [0, 0.1) is 0 Å². The summed E-state index contributed by atoms with van der Waals surface area (Å²) in [4.78, 5) is 16.1. The maximum Gasteiger partial charge on any atom is 0.227 e. The van der Waals surface area contributed by atoms with Gasteiger partial charge in [0.05, 0.1) is 5.69 Å². The van der Waals surface area contributed by atoms with Crippen molar-refractivity contribution in [3.63, 3.8) is 0 Å². The van der Waals surface area contributed by atoms with Crippen molar-refractivity contribution in [2.75, 3.05) is 0 Å². The van der Waals surface area contributed by atoms with Crippen molar-refractivity contribution in [1.29, 1.82) is 0 Å². The predicted octanol–water partition coefficient (Wildman–Crippen LogP) is 13.0. The Kier molecular flexibility index (Phi) is 7.29. The molecular formula is C47H29N3OS. The van der Waals surface area contributed by atoms with E-state index in [1.165, 1.54) is 10.1 Å². The molecule has 52 heavy (non-hydrogen) atoms. The average Bonchev–Trinajstić information content (AvgIpc) is 3.83. The van der Waals surface area contributed by atoms with Gasteiger partial charge < -0.3 is 4.42 Å². The minimum absolute atomic E-state index is 0.625. The first kappa shape index (κ1) is 30.2. The third kappa shape index (κ3) is 5.45. The van der Waals surface area contributed by atoms with E-state index in [2.05, 4.69) is 140 Å². The van der Waals surface area contributed by atoms with E-state index in [4.69, 9.17) is 19.4 Å². The summed E-state index contributed by atoms with van der Waals surface area (Å²) in [6.45, 7) is 0. The summed E-state index contributed by atoms with van der Waals surface area (Å²) in [6, 6.07) is 61.2. The lowest BCUT2D eigenvalue weighted by atomic mass is 9.95. The SMILES string of the molecule is c1ccc(-c2nc(-c3cccc(-c4cccc(-c5cccc(-c6cccc(-c7nc8ccccc8o7)c6)c5)c4)c3)nc3sc4ccccc4c23)cc1. The third-order valence-corrected chi connectivity index (χ3v) is 10.6. The average molecular weight is 684 g/mol. The lowest BCUT2D eigenvalue weighted by Gasteiger charge is -2.11. The number of para-hydroxylation sites is 2. The Morgan fingerprint density at radius 2 is 0.923 bits per heavy atom. The molecule has 0 saturated heterocycles. The van der Waals surface area contributed by atoms with Crippen LogP contribution < -0.4 is 0 Å². The van der Waals surface area contributed by atoms with Crippen molar-refractivity contribution in [1.82, 2.24) is 15.0 Å². The van der Waals surface area contributed by atoms with Crippen molar-refractivity contribution < 1.29 is 4.42 Å². The summed E-state index contributed by atoms with van der Waals surface area (Å²) >= 11 is 1.72. The van der Waals surface area contributed by atoms with Crippen LogP contribution in [0.2, 0.25) is 0 Å². The molecular weight excluding hydrogens is 655 g/mol. The molecule has 0 N–H and O–H groups in total. The lowest BCUT2D eigenvalue weighted by Crippen LogP contribution is -1.94. The summed E-state index contributed by atoms with van der Waals surface area (Å²) in [5.41, 5.74) is 12.4. The largest absolute Gasteiger partial charge is 0.436 e. The van der Waals surface area contributed by atoms with Gasteiger partial charge in [-0.05, 0) is 81.9 Å². The summed E-state index contributed by atoms with van der Waals surface area (Å²) in [6.07, 6.45) is 0. The molecule has 0 bridgehead atoms. The molecule has 244 valence electrons. The van der Waals surface area contributed by atoms with Crippen molar-refractivity contribution in [2.24, 2.45) is 0 Å². The smallest absolute Gasteiger partial charge is 0.227 e. The Balaban J connectivity index is 1.00. The maximum atomic E-state index is 6.07. The molecule has 0 saturated carbocycles. The molecule has 4 nitrogen and oxygen atoms in total. The Morgan fingerprint density at radius 3 is 1.60 bits per heavy atom. The minimum Gasteiger partial charge on any atom is -0.436 e. The fourth-order valence-corrected chi connectivity index (χ4v) is 8.05. The van der Waals surface area contributed by atoms with Crippen LogP contribution >= 0.6 is 11.3 Å². The van der Waals surface area contributed by atoms with Crippen LogP contribution in [0.4, 0.5) is 0 Å². The number of oxazole rings is 1. The van der Waals surface area contributed by atoms with Crippen LogP contribution in [0.3, 0.4) is 0 Å². The molecule has 5 heteroatoms. The number of thiophene rings is 1. The number of hydrogen-bond acceptors (Lipinski definition) is 5. The van der Waals surface area contributed by atoms with Gasteiger partial charge in [0.25, 0.3) is 0 Å². The second kappa shape index (κ2) is 12.6. The van der Waals surface area contributed by atoms with Crippen molar-refractivity contribution >= 4 is 42.7 Å². The second-order valence-corrected chi connectivity index (χ2v) is 13.9. The molecule has 0 aliphatic carbocycles. The number of nitrogens with zero attached hydrogens (tertiary/aromatic N) is 3.